The molecule has 1 unspecified atom stereocenters. The van der Waals surface area contributed by atoms with Gasteiger partial charge >= 0.3 is 0 Å². The Morgan fingerprint density at radius 1 is 1.06 bits per heavy atom. The van der Waals surface area contributed by atoms with Gasteiger partial charge < -0.3 is 5.32 Å². The van der Waals surface area contributed by atoms with Gasteiger partial charge in [0, 0.05) is 6.04 Å². The second-order valence-corrected chi connectivity index (χ2v) is 5.34. The van der Waals surface area contributed by atoms with E-state index in [1.165, 1.54) is 48.8 Å². The summed E-state index contributed by atoms with van der Waals surface area (Å²) in [6.45, 7) is 10.1. The lowest BCUT2D eigenvalue weighted by atomic mass is 9.96. The fourth-order valence-electron chi connectivity index (χ4n) is 2.46. The normalized spacial score (nSPS) is 12.7. The summed E-state index contributed by atoms with van der Waals surface area (Å²) in [4.78, 5) is 0. The molecule has 0 aromatic heterocycles. The van der Waals surface area contributed by atoms with Gasteiger partial charge in [0.05, 0.1) is 0 Å². The smallest absolute Gasteiger partial charge is 0.00701 e. The van der Waals surface area contributed by atoms with Gasteiger partial charge in [-0.1, -0.05) is 38.5 Å². The van der Waals surface area contributed by atoms with E-state index in [9.17, 15) is 0 Å². The zero-order valence-corrected chi connectivity index (χ0v) is 12.6. The van der Waals surface area contributed by atoms with Crippen molar-refractivity contribution >= 4 is 0 Å². The van der Waals surface area contributed by atoms with Gasteiger partial charge in [0.2, 0.25) is 0 Å². The largest absolute Gasteiger partial charge is 0.314 e. The summed E-state index contributed by atoms with van der Waals surface area (Å²) >= 11 is 0. The number of aryl methyl sites for hydroxylation is 2. The first-order valence-corrected chi connectivity index (χ1v) is 7.47. The quantitative estimate of drug-likeness (QED) is 0.717. The highest BCUT2D eigenvalue weighted by atomic mass is 14.9. The molecule has 0 fully saturated rings. The lowest BCUT2D eigenvalue weighted by molar-refractivity contribution is 0.448. The van der Waals surface area contributed by atoms with Crippen LogP contribution in [-0.2, 0) is 6.42 Å². The topological polar surface area (TPSA) is 12.0 Å². The molecule has 0 radical (unpaired) electrons. The molecule has 1 N–H and O–H groups in total. The fourth-order valence-corrected chi connectivity index (χ4v) is 2.46. The van der Waals surface area contributed by atoms with Gasteiger partial charge in [0.1, 0.15) is 0 Å². The Morgan fingerprint density at radius 2 is 1.83 bits per heavy atom. The summed E-state index contributed by atoms with van der Waals surface area (Å²) in [7, 11) is 0. The van der Waals surface area contributed by atoms with Crippen molar-refractivity contribution in [2.75, 3.05) is 6.54 Å². The Bertz CT molecular complexity index is 343. The molecule has 0 bridgehead atoms. The Morgan fingerprint density at radius 3 is 2.50 bits per heavy atom. The molecule has 1 aromatic rings. The first-order chi connectivity index (χ1) is 8.69. The van der Waals surface area contributed by atoms with Gasteiger partial charge in [-0.25, -0.2) is 0 Å². The third kappa shape index (κ3) is 4.81. The minimum atomic E-state index is 0.690. The maximum absolute atomic E-state index is 3.67. The molecule has 1 nitrogen and oxygen atoms in total. The van der Waals surface area contributed by atoms with E-state index in [1.54, 1.807) is 0 Å². The maximum Gasteiger partial charge on any atom is 0.00701 e. The first kappa shape index (κ1) is 15.2. The predicted octanol–water partition coefficient (Wildman–Crippen LogP) is 4.40. The molecule has 0 saturated carbocycles. The molecule has 1 atom stereocenters. The van der Waals surface area contributed by atoms with Crippen LogP contribution in [0.15, 0.2) is 18.2 Å². The number of nitrogens with one attached hydrogen (secondary N) is 1. The van der Waals surface area contributed by atoms with Gasteiger partial charge in [-0.05, 0) is 62.8 Å². The molecule has 1 rings (SSSR count). The highest BCUT2D eigenvalue weighted by Gasteiger charge is 2.08. The summed E-state index contributed by atoms with van der Waals surface area (Å²) in [5.74, 6) is 0. The van der Waals surface area contributed by atoms with Crippen LogP contribution in [0.4, 0.5) is 0 Å². The van der Waals surface area contributed by atoms with Gasteiger partial charge in [-0.15, -0.1) is 0 Å². The van der Waals surface area contributed by atoms with Crippen LogP contribution in [0, 0.1) is 13.8 Å². The highest BCUT2D eigenvalue weighted by Crippen LogP contribution is 2.16. The Balaban J connectivity index is 2.52. The van der Waals surface area contributed by atoms with Gasteiger partial charge in [-0.3, -0.25) is 0 Å². The van der Waals surface area contributed by atoms with Crippen LogP contribution >= 0.6 is 0 Å². The van der Waals surface area contributed by atoms with Gasteiger partial charge in [0.15, 0.2) is 0 Å². The van der Waals surface area contributed by atoms with Crippen molar-refractivity contribution in [3.8, 4) is 0 Å². The van der Waals surface area contributed by atoms with Crippen molar-refractivity contribution in [3.05, 3.63) is 34.9 Å². The molecule has 0 aliphatic rings. The molecule has 0 amide bonds. The zero-order chi connectivity index (χ0) is 13.4. The number of rotatable bonds is 8. The zero-order valence-electron chi connectivity index (χ0n) is 12.6. The number of benzene rings is 1. The second-order valence-electron chi connectivity index (χ2n) is 5.34. The Labute approximate surface area is 113 Å². The van der Waals surface area contributed by atoms with E-state index in [0.29, 0.717) is 6.04 Å². The van der Waals surface area contributed by atoms with Crippen molar-refractivity contribution in [2.45, 2.75) is 65.8 Å². The van der Waals surface area contributed by atoms with E-state index < -0.39 is 0 Å². The van der Waals surface area contributed by atoms with E-state index in [4.69, 9.17) is 0 Å². The van der Waals surface area contributed by atoms with Crippen molar-refractivity contribution in [3.63, 3.8) is 0 Å². The van der Waals surface area contributed by atoms with E-state index in [0.717, 1.165) is 6.54 Å². The minimum Gasteiger partial charge on any atom is -0.314 e. The molecule has 0 heterocycles. The van der Waals surface area contributed by atoms with Crippen LogP contribution in [0.5, 0.6) is 0 Å². The van der Waals surface area contributed by atoms with E-state index in [1.807, 2.05) is 0 Å². The van der Waals surface area contributed by atoms with Crippen LogP contribution in [0.25, 0.3) is 0 Å². The summed E-state index contributed by atoms with van der Waals surface area (Å²) in [5, 5.41) is 3.67. The molecular formula is C17H29N. The maximum atomic E-state index is 3.67. The van der Waals surface area contributed by atoms with E-state index >= 15 is 0 Å². The average Bonchev–Trinajstić information content (AvgIpc) is 2.37. The van der Waals surface area contributed by atoms with Gasteiger partial charge in [-0.2, -0.15) is 0 Å². The number of hydrogen-bond acceptors (Lipinski definition) is 1. The Hall–Kier alpha value is -0.820. The SMILES string of the molecule is CCCNC(CCC)CCc1cccc(C)c1C. The van der Waals surface area contributed by atoms with Crippen molar-refractivity contribution in [1.29, 1.82) is 0 Å². The van der Waals surface area contributed by atoms with E-state index in [-0.39, 0.29) is 0 Å². The molecule has 0 aliphatic heterocycles. The first-order valence-electron chi connectivity index (χ1n) is 7.47. The average molecular weight is 247 g/mol. The van der Waals surface area contributed by atoms with E-state index in [2.05, 4.69) is 51.2 Å². The van der Waals surface area contributed by atoms with Crippen LogP contribution in [0.2, 0.25) is 0 Å². The van der Waals surface area contributed by atoms with Crippen LogP contribution in [-0.4, -0.2) is 12.6 Å². The minimum absolute atomic E-state index is 0.690. The highest BCUT2D eigenvalue weighted by molar-refractivity contribution is 5.33. The third-order valence-corrected chi connectivity index (χ3v) is 3.80. The van der Waals surface area contributed by atoms with Gasteiger partial charge in [0.25, 0.3) is 0 Å². The fraction of sp³-hybridized carbons (Fsp3) is 0.647. The predicted molar refractivity (Wildman–Crippen MR) is 81.2 cm³/mol. The third-order valence-electron chi connectivity index (χ3n) is 3.80. The van der Waals surface area contributed by atoms with Crippen molar-refractivity contribution in [2.24, 2.45) is 0 Å². The van der Waals surface area contributed by atoms with Crippen molar-refractivity contribution in [1.82, 2.24) is 5.32 Å². The number of hydrogen-bond donors (Lipinski definition) is 1. The Kier molecular flexibility index (Phi) is 7.04. The summed E-state index contributed by atoms with van der Waals surface area (Å²) in [6, 6.07) is 7.37. The van der Waals surface area contributed by atoms with Crippen LogP contribution in [0.3, 0.4) is 0 Å². The standard InChI is InChI=1S/C17H29N/c1-5-8-17(18-13-6-2)12-11-16-10-7-9-14(3)15(16)4/h7,9-10,17-18H,5-6,8,11-13H2,1-4H3. The van der Waals surface area contributed by atoms with Crippen molar-refractivity contribution < 1.29 is 0 Å². The molecule has 0 spiro atoms. The van der Waals surface area contributed by atoms with Crippen LogP contribution < -0.4 is 5.32 Å². The molecule has 0 aliphatic carbocycles. The van der Waals surface area contributed by atoms with Crippen LogP contribution in [0.1, 0.15) is 56.2 Å². The molecular weight excluding hydrogens is 218 g/mol. The lowest BCUT2D eigenvalue weighted by Gasteiger charge is -2.18. The summed E-state index contributed by atoms with van der Waals surface area (Å²) in [5.41, 5.74) is 4.42. The lowest BCUT2D eigenvalue weighted by Crippen LogP contribution is -2.30. The molecule has 1 heteroatoms. The molecule has 0 saturated heterocycles. The molecule has 102 valence electrons. The molecule has 1 aromatic carbocycles. The summed E-state index contributed by atoms with van der Waals surface area (Å²) < 4.78 is 0. The summed E-state index contributed by atoms with van der Waals surface area (Å²) in [6.07, 6.45) is 6.26. The second kappa shape index (κ2) is 8.31. The monoisotopic (exact) mass is 247 g/mol. The molecule has 18 heavy (non-hydrogen) atoms.